The maximum Gasteiger partial charge on any atom is 0.251 e. The fraction of sp³-hybridized carbons (Fsp3) is 0.267. The molecule has 36 heavy (non-hydrogen) atoms. The Balaban J connectivity index is 1.46. The zero-order chi connectivity index (χ0) is 25.5. The van der Waals surface area contributed by atoms with Gasteiger partial charge < -0.3 is 19.4 Å². The third-order valence-corrected chi connectivity index (χ3v) is 6.12. The van der Waals surface area contributed by atoms with E-state index in [1.54, 1.807) is 7.11 Å². The summed E-state index contributed by atoms with van der Waals surface area (Å²) in [5, 5.41) is 3.10. The molecule has 6 nitrogen and oxygen atoms in total. The monoisotopic (exact) mass is 483 g/mol. The number of para-hydroxylation sites is 2. The molecule has 1 atom stereocenters. The predicted octanol–water partition coefficient (Wildman–Crippen LogP) is 6.04. The maximum absolute atomic E-state index is 12.8. The van der Waals surface area contributed by atoms with Gasteiger partial charge in [0, 0.05) is 12.1 Å². The lowest BCUT2D eigenvalue weighted by atomic mass is 10.1. The third kappa shape index (κ3) is 5.77. The van der Waals surface area contributed by atoms with Crippen LogP contribution in [0, 0.1) is 6.92 Å². The molecule has 1 aromatic heterocycles. The van der Waals surface area contributed by atoms with Gasteiger partial charge in [-0.3, -0.25) is 4.79 Å². The number of carbonyl (C=O) groups is 1. The first-order valence-corrected chi connectivity index (χ1v) is 12.2. The zero-order valence-corrected chi connectivity index (χ0v) is 21.2. The van der Waals surface area contributed by atoms with Crippen molar-refractivity contribution in [2.75, 3.05) is 13.7 Å². The van der Waals surface area contributed by atoms with E-state index in [0.717, 1.165) is 52.3 Å². The number of carbonyl (C=O) groups excluding carboxylic acids is 1. The van der Waals surface area contributed by atoms with Crippen molar-refractivity contribution in [2.24, 2.45) is 0 Å². The highest BCUT2D eigenvalue weighted by Gasteiger charge is 2.19. The van der Waals surface area contributed by atoms with Crippen LogP contribution in [-0.4, -0.2) is 29.2 Å². The summed E-state index contributed by atoms with van der Waals surface area (Å²) in [6.07, 6.45) is 3.42. The molecule has 186 valence electrons. The van der Waals surface area contributed by atoms with Gasteiger partial charge in [-0.25, -0.2) is 4.98 Å². The molecule has 1 N–H and O–H groups in total. The van der Waals surface area contributed by atoms with E-state index in [1.165, 1.54) is 0 Å². The van der Waals surface area contributed by atoms with Crippen molar-refractivity contribution in [1.82, 2.24) is 14.9 Å². The number of allylic oxidation sites excluding steroid dienone is 1. The molecule has 0 aliphatic heterocycles. The Bertz CT molecular complexity index is 1340. The quantitative estimate of drug-likeness (QED) is 0.209. The molecule has 1 unspecified atom stereocenters. The molecule has 3 aromatic carbocycles. The van der Waals surface area contributed by atoms with Crippen LogP contribution in [0.25, 0.3) is 11.0 Å². The van der Waals surface area contributed by atoms with Crippen molar-refractivity contribution in [3.63, 3.8) is 0 Å². The van der Waals surface area contributed by atoms with Gasteiger partial charge >= 0.3 is 0 Å². The van der Waals surface area contributed by atoms with Crippen molar-refractivity contribution >= 4 is 16.9 Å². The lowest BCUT2D eigenvalue weighted by molar-refractivity contribution is 0.0937. The van der Waals surface area contributed by atoms with E-state index in [0.29, 0.717) is 18.7 Å². The molecule has 0 saturated carbocycles. The summed E-state index contributed by atoms with van der Waals surface area (Å²) in [4.78, 5) is 17.7. The molecule has 0 saturated heterocycles. The van der Waals surface area contributed by atoms with E-state index in [4.69, 9.17) is 14.5 Å². The third-order valence-electron chi connectivity index (χ3n) is 6.12. The Morgan fingerprint density at radius 1 is 1.11 bits per heavy atom. The lowest BCUT2D eigenvalue weighted by Gasteiger charge is -2.17. The van der Waals surface area contributed by atoms with E-state index in [2.05, 4.69) is 22.5 Å². The average molecular weight is 484 g/mol. The SMILES string of the molecule is C=CCc1ccc(OCCCn2c(C(C)NC(=O)c3ccc(C)cc3)nc3ccccc32)c(OC)c1. The van der Waals surface area contributed by atoms with Crippen LogP contribution in [0.5, 0.6) is 11.5 Å². The van der Waals surface area contributed by atoms with Gasteiger partial charge in [0.25, 0.3) is 5.91 Å². The molecule has 0 radical (unpaired) electrons. The van der Waals surface area contributed by atoms with Crippen LogP contribution in [0.2, 0.25) is 0 Å². The highest BCUT2D eigenvalue weighted by Crippen LogP contribution is 2.29. The summed E-state index contributed by atoms with van der Waals surface area (Å²) < 4.78 is 13.7. The molecule has 4 rings (SSSR count). The summed E-state index contributed by atoms with van der Waals surface area (Å²) in [5.41, 5.74) is 4.83. The largest absolute Gasteiger partial charge is 0.493 e. The zero-order valence-electron chi connectivity index (χ0n) is 21.2. The number of imidazole rings is 1. The fourth-order valence-corrected chi connectivity index (χ4v) is 4.24. The molecule has 6 heteroatoms. The Hall–Kier alpha value is -4.06. The molecule has 0 fully saturated rings. The number of hydrogen-bond donors (Lipinski definition) is 1. The molecule has 4 aromatic rings. The average Bonchev–Trinajstić information content (AvgIpc) is 3.26. The Labute approximate surface area is 212 Å². The van der Waals surface area contributed by atoms with Gasteiger partial charge in [-0.15, -0.1) is 6.58 Å². The van der Waals surface area contributed by atoms with Crippen LogP contribution in [0.15, 0.2) is 79.4 Å². The van der Waals surface area contributed by atoms with Crippen molar-refractivity contribution < 1.29 is 14.3 Å². The van der Waals surface area contributed by atoms with Crippen LogP contribution in [0.4, 0.5) is 0 Å². The molecule has 0 aliphatic carbocycles. The van der Waals surface area contributed by atoms with E-state index in [-0.39, 0.29) is 11.9 Å². The summed E-state index contributed by atoms with van der Waals surface area (Å²) >= 11 is 0. The second kappa shape index (κ2) is 11.6. The second-order valence-corrected chi connectivity index (χ2v) is 8.85. The fourth-order valence-electron chi connectivity index (χ4n) is 4.24. The number of methoxy groups -OCH3 is 1. The lowest BCUT2D eigenvalue weighted by Crippen LogP contribution is -2.28. The normalized spacial score (nSPS) is 11.8. The summed E-state index contributed by atoms with van der Waals surface area (Å²) in [5.74, 6) is 2.15. The number of hydrogen-bond acceptors (Lipinski definition) is 4. The number of benzene rings is 3. The summed E-state index contributed by atoms with van der Waals surface area (Å²) in [6, 6.07) is 21.3. The molecule has 1 heterocycles. The molecular formula is C30H33N3O3. The summed E-state index contributed by atoms with van der Waals surface area (Å²) in [7, 11) is 1.65. The van der Waals surface area contributed by atoms with Crippen molar-refractivity contribution in [3.05, 3.63) is 102 Å². The topological polar surface area (TPSA) is 65.4 Å². The molecule has 0 aliphatic rings. The van der Waals surface area contributed by atoms with Crippen LogP contribution in [-0.2, 0) is 13.0 Å². The van der Waals surface area contributed by atoms with E-state index in [1.807, 2.05) is 80.6 Å². The van der Waals surface area contributed by atoms with Gasteiger partial charge in [0.1, 0.15) is 5.82 Å². The van der Waals surface area contributed by atoms with E-state index in [9.17, 15) is 4.79 Å². The first-order valence-electron chi connectivity index (χ1n) is 12.2. The van der Waals surface area contributed by atoms with Crippen LogP contribution in [0.1, 0.15) is 46.7 Å². The highest BCUT2D eigenvalue weighted by atomic mass is 16.5. The van der Waals surface area contributed by atoms with Gasteiger partial charge in [-0.05, 0) is 68.7 Å². The molecule has 0 bridgehead atoms. The van der Waals surface area contributed by atoms with Crippen LogP contribution >= 0.6 is 0 Å². The van der Waals surface area contributed by atoms with Gasteiger partial charge in [-0.2, -0.15) is 0 Å². The number of nitrogens with zero attached hydrogens (tertiary/aromatic N) is 2. The van der Waals surface area contributed by atoms with Crippen LogP contribution < -0.4 is 14.8 Å². The minimum Gasteiger partial charge on any atom is -0.493 e. The van der Waals surface area contributed by atoms with Crippen molar-refractivity contribution in [2.45, 2.75) is 39.3 Å². The first kappa shape index (κ1) is 25.0. The molecule has 0 spiro atoms. The Morgan fingerprint density at radius 2 is 1.89 bits per heavy atom. The number of amides is 1. The second-order valence-electron chi connectivity index (χ2n) is 8.85. The first-order chi connectivity index (χ1) is 17.5. The number of fused-ring (bicyclic) bond motifs is 1. The maximum atomic E-state index is 12.8. The predicted molar refractivity (Wildman–Crippen MR) is 144 cm³/mol. The highest BCUT2D eigenvalue weighted by molar-refractivity contribution is 5.94. The number of aryl methyl sites for hydroxylation is 2. The van der Waals surface area contributed by atoms with Gasteiger partial charge in [0.15, 0.2) is 11.5 Å². The number of aromatic nitrogens is 2. The van der Waals surface area contributed by atoms with Gasteiger partial charge in [-0.1, -0.05) is 42.0 Å². The Morgan fingerprint density at radius 3 is 2.64 bits per heavy atom. The van der Waals surface area contributed by atoms with Crippen LogP contribution in [0.3, 0.4) is 0 Å². The number of rotatable bonds is 11. The number of ether oxygens (including phenoxy) is 2. The van der Waals surface area contributed by atoms with Gasteiger partial charge in [0.2, 0.25) is 0 Å². The van der Waals surface area contributed by atoms with Crippen molar-refractivity contribution in [3.8, 4) is 11.5 Å². The molecular weight excluding hydrogens is 450 g/mol. The van der Waals surface area contributed by atoms with Crippen molar-refractivity contribution in [1.29, 1.82) is 0 Å². The van der Waals surface area contributed by atoms with Gasteiger partial charge in [0.05, 0.1) is 30.8 Å². The minimum atomic E-state index is -0.260. The summed E-state index contributed by atoms with van der Waals surface area (Å²) in [6.45, 7) is 8.99. The number of nitrogens with one attached hydrogen (secondary N) is 1. The van der Waals surface area contributed by atoms with E-state index >= 15 is 0 Å². The standard InChI is InChI=1S/C30H33N3O3/c1-5-9-23-14-17-27(28(20-23)35-4)36-19-8-18-33-26-11-7-6-10-25(26)32-29(33)22(3)31-30(34)24-15-12-21(2)13-16-24/h5-7,10-17,20,22H,1,8-9,18-19H2,2-4H3,(H,31,34). The van der Waals surface area contributed by atoms with E-state index < -0.39 is 0 Å². The smallest absolute Gasteiger partial charge is 0.251 e. The molecule has 1 amide bonds. The Kier molecular flexibility index (Phi) is 8.06. The minimum absolute atomic E-state index is 0.114.